The maximum Gasteiger partial charge on any atom is 0.217 e. The van der Waals surface area contributed by atoms with Crippen LogP contribution >= 0.6 is 12.4 Å². The van der Waals surface area contributed by atoms with Gasteiger partial charge in [0.1, 0.15) is 5.75 Å². The highest BCUT2D eigenvalue weighted by Crippen LogP contribution is 2.22. The summed E-state index contributed by atoms with van der Waals surface area (Å²) in [5, 5.41) is 7.95. The molecule has 1 fully saturated rings. The van der Waals surface area contributed by atoms with E-state index in [9.17, 15) is 0 Å². The van der Waals surface area contributed by atoms with Crippen molar-refractivity contribution in [3.63, 3.8) is 0 Å². The minimum Gasteiger partial charge on any atom is -0.496 e. The SMILES string of the molecule is CCOC(=N)c1cc(CN2CCOCC2)ccc1OC.Cl. The van der Waals surface area contributed by atoms with E-state index in [0.29, 0.717) is 17.9 Å². The number of methoxy groups -OCH3 is 1. The van der Waals surface area contributed by atoms with Crippen LogP contribution in [0.15, 0.2) is 18.2 Å². The van der Waals surface area contributed by atoms with Crippen molar-refractivity contribution in [2.45, 2.75) is 13.5 Å². The van der Waals surface area contributed by atoms with E-state index in [0.717, 1.165) is 38.4 Å². The molecule has 0 unspecified atom stereocenters. The summed E-state index contributed by atoms with van der Waals surface area (Å²) in [6.07, 6.45) is 0. The van der Waals surface area contributed by atoms with Crippen LogP contribution in [0.2, 0.25) is 0 Å². The van der Waals surface area contributed by atoms with Gasteiger partial charge in [0.2, 0.25) is 5.90 Å². The first kappa shape index (κ1) is 17.8. The molecule has 0 amide bonds. The highest BCUT2D eigenvalue weighted by Gasteiger charge is 2.14. The van der Waals surface area contributed by atoms with Crippen molar-refractivity contribution in [2.75, 3.05) is 40.0 Å². The predicted octanol–water partition coefficient (Wildman–Crippen LogP) is 2.31. The van der Waals surface area contributed by atoms with Crippen molar-refractivity contribution in [3.8, 4) is 5.75 Å². The lowest BCUT2D eigenvalue weighted by Gasteiger charge is -2.26. The van der Waals surface area contributed by atoms with Gasteiger partial charge in [-0.25, -0.2) is 0 Å². The summed E-state index contributed by atoms with van der Waals surface area (Å²) >= 11 is 0. The normalized spacial score (nSPS) is 15.1. The summed E-state index contributed by atoms with van der Waals surface area (Å²) < 4.78 is 15.9. The molecule has 0 radical (unpaired) electrons. The molecule has 1 aromatic carbocycles. The second kappa shape index (κ2) is 8.87. The van der Waals surface area contributed by atoms with Gasteiger partial charge in [0, 0.05) is 19.6 Å². The zero-order valence-electron chi connectivity index (χ0n) is 12.6. The maximum atomic E-state index is 7.95. The smallest absolute Gasteiger partial charge is 0.217 e. The third-order valence-electron chi connectivity index (χ3n) is 3.31. The van der Waals surface area contributed by atoms with Crippen LogP contribution in [0.4, 0.5) is 0 Å². The molecule has 21 heavy (non-hydrogen) atoms. The van der Waals surface area contributed by atoms with Gasteiger partial charge in [-0.3, -0.25) is 10.3 Å². The first-order valence-corrected chi connectivity index (χ1v) is 6.93. The van der Waals surface area contributed by atoms with Gasteiger partial charge >= 0.3 is 0 Å². The summed E-state index contributed by atoms with van der Waals surface area (Å²) in [7, 11) is 1.61. The summed E-state index contributed by atoms with van der Waals surface area (Å²) in [5.41, 5.74) is 1.87. The highest BCUT2D eigenvalue weighted by molar-refractivity contribution is 5.94. The molecule has 1 aromatic rings. The van der Waals surface area contributed by atoms with Gasteiger partial charge in [-0.2, -0.15) is 0 Å². The van der Waals surface area contributed by atoms with E-state index in [4.69, 9.17) is 19.6 Å². The summed E-state index contributed by atoms with van der Waals surface area (Å²) in [4.78, 5) is 2.35. The minimum atomic E-state index is 0. The van der Waals surface area contributed by atoms with Gasteiger partial charge in [0.25, 0.3) is 0 Å². The molecule has 1 heterocycles. The number of hydrogen-bond donors (Lipinski definition) is 1. The standard InChI is InChI=1S/C15H22N2O3.ClH/c1-3-20-15(16)13-10-12(4-5-14(13)18-2)11-17-6-8-19-9-7-17;/h4-5,10,16H,3,6-9,11H2,1-2H3;1H. The molecule has 1 aliphatic rings. The Labute approximate surface area is 132 Å². The topological polar surface area (TPSA) is 54.8 Å². The fourth-order valence-corrected chi connectivity index (χ4v) is 2.27. The Morgan fingerprint density at radius 1 is 1.33 bits per heavy atom. The van der Waals surface area contributed by atoms with Crippen molar-refractivity contribution in [1.29, 1.82) is 5.41 Å². The summed E-state index contributed by atoms with van der Waals surface area (Å²) in [6.45, 7) is 6.69. The first-order valence-electron chi connectivity index (χ1n) is 6.93. The highest BCUT2D eigenvalue weighted by atomic mass is 35.5. The lowest BCUT2D eigenvalue weighted by molar-refractivity contribution is 0.0342. The van der Waals surface area contributed by atoms with Crippen LogP contribution in [0.1, 0.15) is 18.1 Å². The molecule has 0 spiro atoms. The van der Waals surface area contributed by atoms with E-state index >= 15 is 0 Å². The molecule has 0 saturated carbocycles. The van der Waals surface area contributed by atoms with Crippen LogP contribution in [0, 0.1) is 5.41 Å². The number of benzene rings is 1. The monoisotopic (exact) mass is 314 g/mol. The van der Waals surface area contributed by atoms with Crippen molar-refractivity contribution in [3.05, 3.63) is 29.3 Å². The Morgan fingerprint density at radius 3 is 2.67 bits per heavy atom. The van der Waals surface area contributed by atoms with Gasteiger partial charge in [0.15, 0.2) is 0 Å². The van der Waals surface area contributed by atoms with Crippen LogP contribution in [0.5, 0.6) is 5.75 Å². The number of hydrogen-bond acceptors (Lipinski definition) is 5. The Bertz CT molecular complexity index is 462. The first-order chi connectivity index (χ1) is 9.74. The van der Waals surface area contributed by atoms with Gasteiger partial charge < -0.3 is 14.2 Å². The van der Waals surface area contributed by atoms with Crippen LogP contribution in [0.3, 0.4) is 0 Å². The van der Waals surface area contributed by atoms with Crippen LogP contribution in [0.25, 0.3) is 0 Å². The second-order valence-corrected chi connectivity index (χ2v) is 4.69. The number of halogens is 1. The molecule has 1 saturated heterocycles. The number of rotatable bonds is 5. The van der Waals surface area contributed by atoms with E-state index in [-0.39, 0.29) is 18.3 Å². The molecule has 6 heteroatoms. The van der Waals surface area contributed by atoms with Crippen molar-refractivity contribution in [1.82, 2.24) is 4.90 Å². The molecule has 118 valence electrons. The van der Waals surface area contributed by atoms with Crippen LogP contribution in [-0.4, -0.2) is 50.8 Å². The van der Waals surface area contributed by atoms with Crippen molar-refractivity contribution < 1.29 is 14.2 Å². The van der Waals surface area contributed by atoms with E-state index < -0.39 is 0 Å². The Hall–Kier alpha value is -1.30. The Balaban J connectivity index is 0.00000220. The molecule has 0 atom stereocenters. The largest absolute Gasteiger partial charge is 0.496 e. The van der Waals surface area contributed by atoms with E-state index in [1.807, 2.05) is 25.1 Å². The molecule has 2 rings (SSSR count). The zero-order valence-corrected chi connectivity index (χ0v) is 13.4. The van der Waals surface area contributed by atoms with Gasteiger partial charge in [-0.15, -0.1) is 12.4 Å². The average Bonchev–Trinajstić information content (AvgIpc) is 2.48. The quantitative estimate of drug-likeness (QED) is 0.669. The minimum absolute atomic E-state index is 0. The molecule has 0 aliphatic carbocycles. The fraction of sp³-hybridized carbons (Fsp3) is 0.533. The van der Waals surface area contributed by atoms with E-state index in [2.05, 4.69) is 4.90 Å². The number of morpholine rings is 1. The van der Waals surface area contributed by atoms with Gasteiger partial charge in [0.05, 0.1) is 32.5 Å². The maximum absolute atomic E-state index is 7.95. The van der Waals surface area contributed by atoms with Crippen LogP contribution < -0.4 is 4.74 Å². The third-order valence-corrected chi connectivity index (χ3v) is 3.31. The second-order valence-electron chi connectivity index (χ2n) is 4.69. The predicted molar refractivity (Wildman–Crippen MR) is 84.8 cm³/mol. The lowest BCUT2D eigenvalue weighted by Crippen LogP contribution is -2.35. The summed E-state index contributed by atoms with van der Waals surface area (Å²) in [5.74, 6) is 0.836. The Morgan fingerprint density at radius 2 is 2.05 bits per heavy atom. The van der Waals surface area contributed by atoms with Gasteiger partial charge in [-0.05, 0) is 24.6 Å². The van der Waals surface area contributed by atoms with E-state index in [1.54, 1.807) is 7.11 Å². The van der Waals surface area contributed by atoms with E-state index in [1.165, 1.54) is 0 Å². The molecule has 0 aromatic heterocycles. The van der Waals surface area contributed by atoms with Crippen molar-refractivity contribution in [2.24, 2.45) is 0 Å². The lowest BCUT2D eigenvalue weighted by atomic mass is 10.1. The molecule has 1 N–H and O–H groups in total. The third kappa shape index (κ3) is 4.88. The van der Waals surface area contributed by atoms with Crippen LogP contribution in [-0.2, 0) is 16.0 Å². The Kier molecular flexibility index (Phi) is 7.50. The molecule has 5 nitrogen and oxygen atoms in total. The molecular formula is C15H23ClN2O3. The average molecular weight is 315 g/mol. The van der Waals surface area contributed by atoms with Gasteiger partial charge in [-0.1, -0.05) is 6.07 Å². The number of nitrogens with zero attached hydrogens (tertiary/aromatic N) is 1. The fourth-order valence-electron chi connectivity index (χ4n) is 2.27. The summed E-state index contributed by atoms with van der Waals surface area (Å²) in [6, 6.07) is 5.92. The number of ether oxygens (including phenoxy) is 3. The molecule has 0 bridgehead atoms. The number of nitrogens with one attached hydrogen (secondary N) is 1. The molecular weight excluding hydrogens is 292 g/mol. The molecule has 1 aliphatic heterocycles. The zero-order chi connectivity index (χ0) is 14.4. The van der Waals surface area contributed by atoms with Crippen molar-refractivity contribution >= 4 is 18.3 Å².